The van der Waals surface area contributed by atoms with Crippen LogP contribution < -0.4 is 5.32 Å². The summed E-state index contributed by atoms with van der Waals surface area (Å²) < 4.78 is 5.40. The molecule has 0 bridgehead atoms. The van der Waals surface area contributed by atoms with Gasteiger partial charge in [-0.05, 0) is 42.3 Å². The second-order valence-electron chi connectivity index (χ2n) is 6.14. The quantitative estimate of drug-likeness (QED) is 0.653. The lowest BCUT2D eigenvalue weighted by Gasteiger charge is -2.18. The second kappa shape index (κ2) is 7.89. The highest BCUT2D eigenvalue weighted by atomic mass is 35.5. The Kier molecular flexibility index (Phi) is 5.59. The number of aromatic nitrogens is 2. The maximum absolute atomic E-state index is 12.6. The van der Waals surface area contributed by atoms with Gasteiger partial charge in [0.1, 0.15) is 6.04 Å². The summed E-state index contributed by atoms with van der Waals surface area (Å²) in [6, 6.07) is 13.6. The molecule has 1 unspecified atom stereocenters. The zero-order valence-corrected chi connectivity index (χ0v) is 15.8. The van der Waals surface area contributed by atoms with Crippen LogP contribution in [0.3, 0.4) is 0 Å². The Morgan fingerprint density at radius 3 is 2.42 bits per heavy atom. The van der Waals surface area contributed by atoms with Crippen LogP contribution in [0.2, 0.25) is 10.0 Å². The smallest absolute Gasteiger partial charge is 0.253 e. The molecule has 0 fully saturated rings. The van der Waals surface area contributed by atoms with Gasteiger partial charge in [-0.25, -0.2) is 0 Å². The molecule has 0 saturated heterocycles. The van der Waals surface area contributed by atoms with Gasteiger partial charge in [-0.2, -0.15) is 4.98 Å². The SMILES string of the molecule is CC(C)C(NC(=O)c1ccccc1Cl)c1nc(-c2ccc(Cl)cc2)no1. The maximum atomic E-state index is 12.6. The summed E-state index contributed by atoms with van der Waals surface area (Å²) in [5.74, 6) is 0.528. The number of halogens is 2. The van der Waals surface area contributed by atoms with E-state index in [9.17, 15) is 4.79 Å². The Labute approximate surface area is 161 Å². The van der Waals surface area contributed by atoms with Crippen LogP contribution in [0.25, 0.3) is 11.4 Å². The minimum Gasteiger partial charge on any atom is -0.340 e. The number of nitrogens with one attached hydrogen (secondary N) is 1. The molecule has 1 aromatic heterocycles. The molecule has 0 aliphatic heterocycles. The molecule has 7 heteroatoms. The van der Waals surface area contributed by atoms with E-state index in [1.165, 1.54) is 0 Å². The Hall–Kier alpha value is -2.37. The van der Waals surface area contributed by atoms with Crippen molar-refractivity contribution in [2.24, 2.45) is 5.92 Å². The number of amides is 1. The van der Waals surface area contributed by atoms with Crippen LogP contribution in [-0.4, -0.2) is 16.0 Å². The van der Waals surface area contributed by atoms with Crippen molar-refractivity contribution < 1.29 is 9.32 Å². The second-order valence-corrected chi connectivity index (χ2v) is 6.98. The molecular weight excluding hydrogens is 373 g/mol. The third kappa shape index (κ3) is 4.06. The van der Waals surface area contributed by atoms with Gasteiger partial charge in [-0.15, -0.1) is 0 Å². The number of hydrogen-bond donors (Lipinski definition) is 1. The Morgan fingerprint density at radius 1 is 1.08 bits per heavy atom. The van der Waals surface area contributed by atoms with Gasteiger partial charge in [-0.3, -0.25) is 4.79 Å². The third-order valence-corrected chi connectivity index (χ3v) is 4.46. The fourth-order valence-electron chi connectivity index (χ4n) is 2.46. The molecule has 1 N–H and O–H groups in total. The highest BCUT2D eigenvalue weighted by Gasteiger charge is 2.26. The molecule has 134 valence electrons. The van der Waals surface area contributed by atoms with E-state index < -0.39 is 6.04 Å². The molecular formula is C19H17Cl2N3O2. The van der Waals surface area contributed by atoms with Crippen molar-refractivity contribution in [1.29, 1.82) is 0 Å². The predicted octanol–water partition coefficient (Wildman–Crippen LogP) is 5.17. The highest BCUT2D eigenvalue weighted by Crippen LogP contribution is 2.25. The number of rotatable bonds is 5. The summed E-state index contributed by atoms with van der Waals surface area (Å²) in [5, 5.41) is 7.95. The molecule has 0 radical (unpaired) electrons. The summed E-state index contributed by atoms with van der Waals surface area (Å²) in [6.45, 7) is 3.92. The van der Waals surface area contributed by atoms with Crippen molar-refractivity contribution >= 4 is 29.1 Å². The van der Waals surface area contributed by atoms with Gasteiger partial charge in [0, 0.05) is 10.6 Å². The predicted molar refractivity (Wildman–Crippen MR) is 101 cm³/mol. The van der Waals surface area contributed by atoms with Gasteiger partial charge in [-0.1, -0.05) is 54.3 Å². The molecule has 1 heterocycles. The monoisotopic (exact) mass is 389 g/mol. The number of carbonyl (C=O) groups excluding carboxylic acids is 1. The molecule has 1 atom stereocenters. The van der Waals surface area contributed by atoms with E-state index >= 15 is 0 Å². The topological polar surface area (TPSA) is 68.0 Å². The molecule has 5 nitrogen and oxygen atoms in total. The normalized spacial score (nSPS) is 12.2. The van der Waals surface area contributed by atoms with E-state index in [4.69, 9.17) is 27.7 Å². The van der Waals surface area contributed by atoms with E-state index in [0.717, 1.165) is 5.56 Å². The van der Waals surface area contributed by atoms with Crippen LogP contribution in [0.15, 0.2) is 53.1 Å². The Morgan fingerprint density at radius 2 is 1.77 bits per heavy atom. The first-order chi connectivity index (χ1) is 12.5. The summed E-state index contributed by atoms with van der Waals surface area (Å²) >= 11 is 12.0. The standard InChI is InChI=1S/C19H17Cl2N3O2/c1-11(2)16(22-18(25)14-5-3-4-6-15(14)21)19-23-17(24-26-19)12-7-9-13(20)10-8-12/h3-11,16H,1-2H3,(H,22,25). The van der Waals surface area contributed by atoms with E-state index in [1.54, 1.807) is 36.4 Å². The Bertz CT molecular complexity index is 907. The van der Waals surface area contributed by atoms with Crippen LogP contribution >= 0.6 is 23.2 Å². The summed E-state index contributed by atoms with van der Waals surface area (Å²) in [5.41, 5.74) is 1.18. The average Bonchev–Trinajstić information content (AvgIpc) is 3.10. The fraction of sp³-hybridized carbons (Fsp3) is 0.211. The van der Waals surface area contributed by atoms with Crippen molar-refractivity contribution in [2.75, 3.05) is 0 Å². The first kappa shape index (κ1) is 18.4. The lowest BCUT2D eigenvalue weighted by Crippen LogP contribution is -2.32. The molecule has 26 heavy (non-hydrogen) atoms. The van der Waals surface area contributed by atoms with Gasteiger partial charge in [0.25, 0.3) is 5.91 Å². The lowest BCUT2D eigenvalue weighted by atomic mass is 10.0. The first-order valence-corrected chi connectivity index (χ1v) is 8.86. The molecule has 1 amide bonds. The highest BCUT2D eigenvalue weighted by molar-refractivity contribution is 6.33. The molecule has 3 aromatic rings. The minimum absolute atomic E-state index is 0.0416. The molecule has 0 saturated carbocycles. The minimum atomic E-state index is -0.438. The average molecular weight is 390 g/mol. The zero-order valence-electron chi connectivity index (χ0n) is 14.2. The van der Waals surface area contributed by atoms with Crippen molar-refractivity contribution in [3.63, 3.8) is 0 Å². The summed E-state index contributed by atoms with van der Waals surface area (Å²) in [6.07, 6.45) is 0. The fourth-order valence-corrected chi connectivity index (χ4v) is 2.80. The Balaban J connectivity index is 1.84. The van der Waals surface area contributed by atoms with Crippen LogP contribution in [0.5, 0.6) is 0 Å². The van der Waals surface area contributed by atoms with Crippen LogP contribution in [-0.2, 0) is 0 Å². The van der Waals surface area contributed by atoms with Gasteiger partial charge in [0.2, 0.25) is 11.7 Å². The first-order valence-electron chi connectivity index (χ1n) is 8.10. The van der Waals surface area contributed by atoms with E-state index in [1.807, 2.05) is 26.0 Å². The van der Waals surface area contributed by atoms with Crippen LogP contribution in [0.1, 0.15) is 36.1 Å². The van der Waals surface area contributed by atoms with Crippen molar-refractivity contribution in [1.82, 2.24) is 15.5 Å². The van der Waals surface area contributed by atoms with E-state index in [0.29, 0.717) is 27.3 Å². The maximum Gasteiger partial charge on any atom is 0.253 e. The van der Waals surface area contributed by atoms with Crippen molar-refractivity contribution in [2.45, 2.75) is 19.9 Å². The van der Waals surface area contributed by atoms with Gasteiger partial charge in [0.05, 0.1) is 10.6 Å². The zero-order chi connectivity index (χ0) is 18.7. The number of hydrogen-bond acceptors (Lipinski definition) is 4. The third-order valence-electron chi connectivity index (χ3n) is 3.88. The van der Waals surface area contributed by atoms with E-state index in [-0.39, 0.29) is 11.8 Å². The summed E-state index contributed by atoms with van der Waals surface area (Å²) in [4.78, 5) is 17.0. The molecule has 3 rings (SSSR count). The van der Waals surface area contributed by atoms with Gasteiger partial charge in [0.15, 0.2) is 0 Å². The van der Waals surface area contributed by atoms with Crippen LogP contribution in [0, 0.1) is 5.92 Å². The van der Waals surface area contributed by atoms with Crippen LogP contribution in [0.4, 0.5) is 0 Å². The largest absolute Gasteiger partial charge is 0.340 e. The summed E-state index contributed by atoms with van der Waals surface area (Å²) in [7, 11) is 0. The molecule has 0 aliphatic carbocycles. The van der Waals surface area contributed by atoms with Gasteiger partial charge < -0.3 is 9.84 Å². The van der Waals surface area contributed by atoms with E-state index in [2.05, 4.69) is 15.5 Å². The molecule has 0 spiro atoms. The van der Waals surface area contributed by atoms with Crippen molar-refractivity contribution in [3.05, 3.63) is 70.0 Å². The number of carbonyl (C=O) groups is 1. The molecule has 0 aliphatic rings. The van der Waals surface area contributed by atoms with Gasteiger partial charge >= 0.3 is 0 Å². The number of nitrogens with zero attached hydrogens (tertiary/aromatic N) is 2. The number of benzene rings is 2. The van der Waals surface area contributed by atoms with Crippen molar-refractivity contribution in [3.8, 4) is 11.4 Å². The lowest BCUT2D eigenvalue weighted by molar-refractivity contribution is 0.0914. The molecule has 2 aromatic carbocycles.